The molecule has 0 spiro atoms. The maximum atomic E-state index is 12.3. The number of alkyl carbamates (subject to hydrolysis) is 1. The highest BCUT2D eigenvalue weighted by Crippen LogP contribution is 2.44. The van der Waals surface area contributed by atoms with Crippen molar-refractivity contribution in [3.8, 4) is 11.1 Å². The average molecular weight is 497 g/mol. The van der Waals surface area contributed by atoms with Gasteiger partial charge in [0.2, 0.25) is 5.91 Å². The van der Waals surface area contributed by atoms with E-state index in [0.717, 1.165) is 25.7 Å². The van der Waals surface area contributed by atoms with Gasteiger partial charge in [-0.15, -0.1) is 0 Å². The molecule has 2 amide bonds. The molecule has 0 heterocycles. The molecule has 0 bridgehead atoms. The van der Waals surface area contributed by atoms with Crippen LogP contribution >= 0.6 is 11.8 Å². The number of nitrogens with one attached hydrogen (secondary N) is 2. The lowest BCUT2D eigenvalue weighted by Gasteiger charge is -2.31. The van der Waals surface area contributed by atoms with Gasteiger partial charge >= 0.3 is 12.1 Å². The quantitative estimate of drug-likeness (QED) is 0.421. The molecule has 2 aliphatic carbocycles. The summed E-state index contributed by atoms with van der Waals surface area (Å²) in [6, 6.07) is 16.4. The number of aliphatic carboxylic acids is 1. The number of fused-ring (bicyclic) bond motifs is 3. The highest BCUT2D eigenvalue weighted by Gasteiger charge is 2.29. The van der Waals surface area contributed by atoms with Crippen LogP contribution in [0.15, 0.2) is 48.5 Å². The number of benzene rings is 2. The molecule has 8 heteroatoms. The van der Waals surface area contributed by atoms with Gasteiger partial charge in [-0.3, -0.25) is 9.59 Å². The minimum atomic E-state index is -0.815. The molecule has 0 aliphatic heterocycles. The zero-order chi connectivity index (χ0) is 24.6. The molecule has 2 aromatic rings. The summed E-state index contributed by atoms with van der Waals surface area (Å²) in [6.45, 7) is 0.675. The van der Waals surface area contributed by atoms with Crippen molar-refractivity contribution in [1.29, 1.82) is 0 Å². The van der Waals surface area contributed by atoms with E-state index in [1.54, 1.807) is 0 Å². The lowest BCUT2D eigenvalue weighted by Crippen LogP contribution is -2.43. The SMILES string of the molecule is O=C(O)C[C@@H]1CCCC[C@@H]1NC(=O)CSCCNC(=O)OCC1c2ccccc2-c2ccccc21. The van der Waals surface area contributed by atoms with E-state index < -0.39 is 12.1 Å². The summed E-state index contributed by atoms with van der Waals surface area (Å²) in [5.41, 5.74) is 4.72. The predicted molar refractivity (Wildman–Crippen MR) is 137 cm³/mol. The Bertz CT molecular complexity index is 1010. The molecule has 0 unspecified atom stereocenters. The Balaban J connectivity index is 1.14. The van der Waals surface area contributed by atoms with Crippen LogP contribution in [0.4, 0.5) is 4.79 Å². The number of hydrogen-bond donors (Lipinski definition) is 3. The fourth-order valence-corrected chi connectivity index (χ4v) is 5.81. The van der Waals surface area contributed by atoms with E-state index in [0.29, 0.717) is 12.3 Å². The number of hydrogen-bond acceptors (Lipinski definition) is 5. The van der Waals surface area contributed by atoms with Crippen LogP contribution in [0.5, 0.6) is 0 Å². The third kappa shape index (κ3) is 6.57. The summed E-state index contributed by atoms with van der Waals surface area (Å²) in [4.78, 5) is 35.6. The number of carboxylic acid groups (broad SMARTS) is 1. The number of carbonyl (C=O) groups is 3. The molecule has 0 aromatic heterocycles. The number of carboxylic acids is 1. The van der Waals surface area contributed by atoms with E-state index in [2.05, 4.69) is 34.9 Å². The molecular formula is C27H32N2O5S. The Kier molecular flexibility index (Phi) is 8.69. The van der Waals surface area contributed by atoms with Crippen molar-refractivity contribution in [2.24, 2.45) is 5.92 Å². The van der Waals surface area contributed by atoms with Gasteiger partial charge in [0, 0.05) is 24.3 Å². The van der Waals surface area contributed by atoms with Gasteiger partial charge in [-0.1, -0.05) is 61.4 Å². The molecule has 2 atom stereocenters. The van der Waals surface area contributed by atoms with Crippen molar-refractivity contribution in [3.63, 3.8) is 0 Å². The molecule has 35 heavy (non-hydrogen) atoms. The molecule has 2 aromatic carbocycles. The lowest BCUT2D eigenvalue weighted by atomic mass is 9.82. The van der Waals surface area contributed by atoms with Crippen LogP contribution in [0.25, 0.3) is 11.1 Å². The first-order valence-electron chi connectivity index (χ1n) is 12.2. The van der Waals surface area contributed by atoms with E-state index in [4.69, 9.17) is 9.84 Å². The first-order chi connectivity index (χ1) is 17.0. The van der Waals surface area contributed by atoms with Crippen LogP contribution < -0.4 is 10.6 Å². The monoisotopic (exact) mass is 496 g/mol. The normalized spacial score (nSPS) is 18.9. The topological polar surface area (TPSA) is 105 Å². The van der Waals surface area contributed by atoms with Crippen molar-refractivity contribution in [3.05, 3.63) is 59.7 Å². The highest BCUT2D eigenvalue weighted by atomic mass is 32.2. The fourth-order valence-electron chi connectivity index (χ4n) is 5.15. The summed E-state index contributed by atoms with van der Waals surface area (Å²) in [7, 11) is 0. The second-order valence-corrected chi connectivity index (χ2v) is 10.2. The van der Waals surface area contributed by atoms with E-state index >= 15 is 0 Å². The predicted octanol–water partition coefficient (Wildman–Crippen LogP) is 4.41. The number of rotatable bonds is 10. The lowest BCUT2D eigenvalue weighted by molar-refractivity contribution is -0.139. The third-order valence-corrected chi connectivity index (χ3v) is 7.74. The van der Waals surface area contributed by atoms with Gasteiger partial charge in [0.25, 0.3) is 0 Å². The number of amides is 2. The molecule has 186 valence electrons. The van der Waals surface area contributed by atoms with Crippen LogP contribution in [0, 0.1) is 5.92 Å². The van der Waals surface area contributed by atoms with Crippen LogP contribution in [0.1, 0.15) is 49.1 Å². The van der Waals surface area contributed by atoms with Crippen LogP contribution in [-0.4, -0.2) is 53.8 Å². The molecule has 2 aliphatic rings. The Morgan fingerprint density at radius 1 is 0.971 bits per heavy atom. The van der Waals surface area contributed by atoms with Crippen molar-refractivity contribution in [2.45, 2.75) is 44.1 Å². The maximum Gasteiger partial charge on any atom is 0.407 e. The van der Waals surface area contributed by atoms with E-state index in [1.807, 2.05) is 24.3 Å². The van der Waals surface area contributed by atoms with E-state index in [-0.39, 0.29) is 42.6 Å². The maximum absolute atomic E-state index is 12.3. The molecule has 7 nitrogen and oxygen atoms in total. The standard InChI is InChI=1S/C27H32N2O5S/c30-25(29-24-12-6-1-7-18(24)15-26(31)32)17-35-14-13-28-27(33)34-16-23-21-10-4-2-8-19(21)20-9-3-5-11-22(20)23/h2-5,8-11,18,23-24H,1,6-7,12-17H2,(H,28,33)(H,29,30)(H,31,32)/t18-,24-/m0/s1. The molecule has 1 fully saturated rings. The molecule has 3 N–H and O–H groups in total. The first-order valence-corrected chi connectivity index (χ1v) is 13.4. The second kappa shape index (κ2) is 12.1. The summed E-state index contributed by atoms with van der Waals surface area (Å²) in [5.74, 6) is -0.00611. The number of carbonyl (C=O) groups excluding carboxylic acids is 2. The Labute approximate surface area is 210 Å². The molecule has 4 rings (SSSR count). The summed E-state index contributed by atoms with van der Waals surface area (Å²) >= 11 is 1.43. The van der Waals surface area contributed by atoms with Crippen molar-refractivity contribution < 1.29 is 24.2 Å². The zero-order valence-electron chi connectivity index (χ0n) is 19.7. The molecule has 0 radical (unpaired) electrons. The van der Waals surface area contributed by atoms with Crippen LogP contribution in [0.3, 0.4) is 0 Å². The highest BCUT2D eigenvalue weighted by molar-refractivity contribution is 7.99. The smallest absolute Gasteiger partial charge is 0.407 e. The first kappa shape index (κ1) is 25.1. The van der Waals surface area contributed by atoms with Gasteiger partial charge in [-0.25, -0.2) is 4.79 Å². The minimum Gasteiger partial charge on any atom is -0.481 e. The fraction of sp³-hybridized carbons (Fsp3) is 0.444. The summed E-state index contributed by atoms with van der Waals surface area (Å²) < 4.78 is 5.52. The van der Waals surface area contributed by atoms with Crippen LogP contribution in [0.2, 0.25) is 0 Å². The average Bonchev–Trinajstić information content (AvgIpc) is 3.17. The molecule has 1 saturated carbocycles. The Morgan fingerprint density at radius 2 is 1.63 bits per heavy atom. The second-order valence-electron chi connectivity index (χ2n) is 9.12. The van der Waals surface area contributed by atoms with Gasteiger partial charge in [-0.2, -0.15) is 11.8 Å². The largest absolute Gasteiger partial charge is 0.481 e. The van der Waals surface area contributed by atoms with E-state index in [9.17, 15) is 14.4 Å². The van der Waals surface area contributed by atoms with Gasteiger partial charge < -0.3 is 20.5 Å². The van der Waals surface area contributed by atoms with Gasteiger partial charge in [0.15, 0.2) is 0 Å². The van der Waals surface area contributed by atoms with E-state index in [1.165, 1.54) is 34.0 Å². The minimum absolute atomic E-state index is 0.00503. The zero-order valence-corrected chi connectivity index (χ0v) is 20.5. The Morgan fingerprint density at radius 3 is 2.31 bits per heavy atom. The van der Waals surface area contributed by atoms with Crippen LogP contribution in [-0.2, 0) is 14.3 Å². The Hall–Kier alpha value is -3.00. The summed E-state index contributed by atoms with van der Waals surface area (Å²) in [6.07, 6.45) is 3.34. The van der Waals surface area contributed by atoms with Gasteiger partial charge in [0.05, 0.1) is 12.2 Å². The summed E-state index contributed by atoms with van der Waals surface area (Å²) in [5, 5.41) is 14.9. The third-order valence-electron chi connectivity index (χ3n) is 6.78. The van der Waals surface area contributed by atoms with Crippen molar-refractivity contribution >= 4 is 29.7 Å². The van der Waals surface area contributed by atoms with Crippen molar-refractivity contribution in [2.75, 3.05) is 24.7 Å². The number of ether oxygens (including phenoxy) is 1. The van der Waals surface area contributed by atoms with Gasteiger partial charge in [0.1, 0.15) is 6.61 Å². The van der Waals surface area contributed by atoms with Gasteiger partial charge in [-0.05, 0) is 41.0 Å². The molecule has 0 saturated heterocycles. The molecular weight excluding hydrogens is 464 g/mol. The van der Waals surface area contributed by atoms with Crippen molar-refractivity contribution in [1.82, 2.24) is 10.6 Å². The number of thioether (sulfide) groups is 1.